The molecule has 0 aliphatic rings. The molecule has 0 unspecified atom stereocenters. The Hall–Kier alpha value is -1.59. The van der Waals surface area contributed by atoms with Crippen molar-refractivity contribution in [2.45, 2.75) is 34.1 Å². The SMILES string of the molecule is CCOc1cccn2c(C(=O)C[C@@H](CO)C(C)C)c(C)nc12.Cl. The number of aromatic nitrogens is 2. The Morgan fingerprint density at radius 1 is 1.43 bits per heavy atom. The van der Waals surface area contributed by atoms with Crippen LogP contribution in [-0.2, 0) is 0 Å². The van der Waals surface area contributed by atoms with Gasteiger partial charge in [-0.2, -0.15) is 0 Å². The van der Waals surface area contributed by atoms with E-state index < -0.39 is 0 Å². The smallest absolute Gasteiger partial charge is 0.181 e. The maximum absolute atomic E-state index is 12.7. The summed E-state index contributed by atoms with van der Waals surface area (Å²) in [6.45, 7) is 8.35. The molecule has 0 aromatic carbocycles. The van der Waals surface area contributed by atoms with Crippen LogP contribution < -0.4 is 4.74 Å². The van der Waals surface area contributed by atoms with Gasteiger partial charge in [0.15, 0.2) is 17.2 Å². The minimum Gasteiger partial charge on any atom is -0.490 e. The Morgan fingerprint density at radius 3 is 2.70 bits per heavy atom. The van der Waals surface area contributed by atoms with Gasteiger partial charge in [0.1, 0.15) is 5.69 Å². The number of pyridine rings is 1. The Bertz CT molecular complexity index is 667. The highest BCUT2D eigenvalue weighted by Gasteiger charge is 2.23. The number of aryl methyl sites for hydroxylation is 1. The molecule has 23 heavy (non-hydrogen) atoms. The molecule has 2 aromatic rings. The Balaban J connectivity index is 0.00000264. The maximum Gasteiger partial charge on any atom is 0.181 e. The van der Waals surface area contributed by atoms with Crippen LogP contribution in [-0.4, -0.2) is 33.5 Å². The van der Waals surface area contributed by atoms with Crippen molar-refractivity contribution in [3.8, 4) is 5.75 Å². The lowest BCUT2D eigenvalue weighted by atomic mass is 9.90. The second-order valence-electron chi connectivity index (χ2n) is 5.86. The predicted molar refractivity (Wildman–Crippen MR) is 92.7 cm³/mol. The molecule has 2 aromatic heterocycles. The fraction of sp³-hybridized carbons (Fsp3) is 0.529. The molecule has 0 radical (unpaired) electrons. The number of hydrogen-bond donors (Lipinski definition) is 1. The zero-order chi connectivity index (χ0) is 16.3. The molecular formula is C17H25ClN2O3. The van der Waals surface area contributed by atoms with E-state index in [0.29, 0.717) is 35.8 Å². The molecule has 1 N–H and O–H groups in total. The highest BCUT2D eigenvalue weighted by atomic mass is 35.5. The highest BCUT2D eigenvalue weighted by molar-refractivity contribution is 5.96. The summed E-state index contributed by atoms with van der Waals surface area (Å²) >= 11 is 0. The molecule has 0 aliphatic carbocycles. The van der Waals surface area contributed by atoms with Crippen LogP contribution in [0.3, 0.4) is 0 Å². The normalized spacial score (nSPS) is 12.3. The van der Waals surface area contributed by atoms with Crippen molar-refractivity contribution < 1.29 is 14.6 Å². The summed E-state index contributed by atoms with van der Waals surface area (Å²) in [5.74, 6) is 0.904. The number of ketones is 1. The molecule has 1 atom stereocenters. The number of imidazole rings is 1. The number of carbonyl (C=O) groups excluding carboxylic acids is 1. The Morgan fingerprint density at radius 2 is 2.13 bits per heavy atom. The van der Waals surface area contributed by atoms with E-state index in [2.05, 4.69) is 4.98 Å². The van der Waals surface area contributed by atoms with E-state index in [-0.39, 0.29) is 36.6 Å². The van der Waals surface area contributed by atoms with Gasteiger partial charge in [-0.3, -0.25) is 9.20 Å². The average molecular weight is 341 g/mol. The summed E-state index contributed by atoms with van der Waals surface area (Å²) in [5.41, 5.74) is 1.93. The lowest BCUT2D eigenvalue weighted by Crippen LogP contribution is -2.19. The minimum atomic E-state index is -0.0347. The van der Waals surface area contributed by atoms with Crippen LogP contribution in [0.15, 0.2) is 18.3 Å². The van der Waals surface area contributed by atoms with Crippen LogP contribution in [0.1, 0.15) is 43.4 Å². The van der Waals surface area contributed by atoms with Crippen molar-refractivity contribution in [1.29, 1.82) is 0 Å². The Labute approximate surface area is 143 Å². The van der Waals surface area contributed by atoms with Gasteiger partial charge in [-0.25, -0.2) is 4.98 Å². The molecular weight excluding hydrogens is 316 g/mol. The number of ether oxygens (including phenoxy) is 1. The summed E-state index contributed by atoms with van der Waals surface area (Å²) in [4.78, 5) is 17.2. The quantitative estimate of drug-likeness (QED) is 0.785. The third-order valence-electron chi connectivity index (χ3n) is 3.98. The molecule has 2 heterocycles. The molecule has 0 aliphatic heterocycles. The number of aliphatic hydroxyl groups excluding tert-OH is 1. The van der Waals surface area contributed by atoms with Gasteiger partial charge in [0, 0.05) is 19.2 Å². The van der Waals surface area contributed by atoms with Gasteiger partial charge in [0.2, 0.25) is 0 Å². The van der Waals surface area contributed by atoms with E-state index in [9.17, 15) is 9.90 Å². The number of Topliss-reactive ketones (excluding diaryl/α,β-unsaturated/α-hetero) is 1. The van der Waals surface area contributed by atoms with Crippen molar-refractivity contribution in [2.75, 3.05) is 13.2 Å². The zero-order valence-corrected chi connectivity index (χ0v) is 14.9. The fourth-order valence-electron chi connectivity index (χ4n) is 2.61. The van der Waals surface area contributed by atoms with Gasteiger partial charge in [-0.15, -0.1) is 12.4 Å². The molecule has 0 spiro atoms. The van der Waals surface area contributed by atoms with E-state index in [1.165, 1.54) is 0 Å². The number of fused-ring (bicyclic) bond motifs is 1. The van der Waals surface area contributed by atoms with E-state index >= 15 is 0 Å². The van der Waals surface area contributed by atoms with Crippen LogP contribution in [0, 0.1) is 18.8 Å². The molecule has 0 saturated heterocycles. The third-order valence-corrected chi connectivity index (χ3v) is 3.98. The van der Waals surface area contributed by atoms with Crippen LogP contribution >= 0.6 is 12.4 Å². The number of carbonyl (C=O) groups is 1. The van der Waals surface area contributed by atoms with Crippen LogP contribution in [0.2, 0.25) is 0 Å². The molecule has 128 valence electrons. The van der Waals surface area contributed by atoms with Gasteiger partial charge in [0.05, 0.1) is 12.3 Å². The third kappa shape index (κ3) is 4.03. The van der Waals surface area contributed by atoms with Gasteiger partial charge in [0.25, 0.3) is 0 Å². The summed E-state index contributed by atoms with van der Waals surface area (Å²) < 4.78 is 7.36. The number of rotatable bonds is 7. The predicted octanol–water partition coefficient (Wildman–Crippen LogP) is 3.30. The Kier molecular flexibility index (Phi) is 7.03. The first-order valence-corrected chi connectivity index (χ1v) is 7.74. The molecule has 0 amide bonds. The highest BCUT2D eigenvalue weighted by Crippen LogP contribution is 2.25. The van der Waals surface area contributed by atoms with Crippen LogP contribution in [0.5, 0.6) is 5.75 Å². The van der Waals surface area contributed by atoms with Crippen LogP contribution in [0.4, 0.5) is 0 Å². The molecule has 5 nitrogen and oxygen atoms in total. The van der Waals surface area contributed by atoms with E-state index in [1.807, 2.05) is 46.0 Å². The van der Waals surface area contributed by atoms with Crippen molar-refractivity contribution >= 4 is 23.8 Å². The molecule has 0 bridgehead atoms. The first-order valence-electron chi connectivity index (χ1n) is 7.74. The minimum absolute atomic E-state index is 0. The van der Waals surface area contributed by atoms with E-state index in [0.717, 1.165) is 0 Å². The van der Waals surface area contributed by atoms with Crippen molar-refractivity contribution in [2.24, 2.45) is 11.8 Å². The largest absolute Gasteiger partial charge is 0.490 e. The second kappa shape index (κ2) is 8.31. The summed E-state index contributed by atoms with van der Waals surface area (Å²) in [6.07, 6.45) is 2.15. The first kappa shape index (κ1) is 19.5. The first-order chi connectivity index (χ1) is 10.5. The number of nitrogens with zero attached hydrogens (tertiary/aromatic N) is 2. The monoisotopic (exact) mass is 340 g/mol. The standard InChI is InChI=1S/C17H24N2O3.ClH/c1-5-22-15-7-6-8-19-16(12(4)18-17(15)19)14(21)9-13(10-20)11(2)3;/h6-8,11,13,20H,5,9-10H2,1-4H3;1H/t13-;/m0./s1. The fourth-order valence-corrected chi connectivity index (χ4v) is 2.61. The summed E-state index contributed by atoms with van der Waals surface area (Å²) in [5, 5.41) is 9.44. The molecule has 2 rings (SSSR count). The summed E-state index contributed by atoms with van der Waals surface area (Å²) in [6, 6.07) is 3.70. The van der Waals surface area contributed by atoms with Gasteiger partial charge in [-0.05, 0) is 37.8 Å². The summed E-state index contributed by atoms with van der Waals surface area (Å²) in [7, 11) is 0. The number of hydrogen-bond acceptors (Lipinski definition) is 4. The van der Waals surface area contributed by atoms with Gasteiger partial charge >= 0.3 is 0 Å². The number of halogens is 1. The van der Waals surface area contributed by atoms with E-state index in [1.54, 1.807) is 4.40 Å². The number of aliphatic hydroxyl groups is 1. The zero-order valence-electron chi connectivity index (χ0n) is 14.1. The van der Waals surface area contributed by atoms with Crippen molar-refractivity contribution in [3.05, 3.63) is 29.7 Å². The average Bonchev–Trinajstić information content (AvgIpc) is 2.81. The molecule has 0 saturated carbocycles. The lowest BCUT2D eigenvalue weighted by molar-refractivity contribution is 0.0901. The van der Waals surface area contributed by atoms with Gasteiger partial charge < -0.3 is 9.84 Å². The van der Waals surface area contributed by atoms with E-state index in [4.69, 9.17) is 4.74 Å². The van der Waals surface area contributed by atoms with Crippen molar-refractivity contribution in [3.63, 3.8) is 0 Å². The van der Waals surface area contributed by atoms with Crippen LogP contribution in [0.25, 0.3) is 5.65 Å². The maximum atomic E-state index is 12.7. The van der Waals surface area contributed by atoms with Gasteiger partial charge in [-0.1, -0.05) is 13.8 Å². The molecule has 6 heteroatoms. The topological polar surface area (TPSA) is 63.8 Å². The molecule has 0 fully saturated rings. The van der Waals surface area contributed by atoms with Crippen molar-refractivity contribution in [1.82, 2.24) is 9.38 Å². The lowest BCUT2D eigenvalue weighted by Gasteiger charge is -2.17. The second-order valence-corrected chi connectivity index (χ2v) is 5.86.